The van der Waals surface area contributed by atoms with Crippen LogP contribution in [0.25, 0.3) is 5.69 Å². The average Bonchev–Trinajstić information content (AvgIpc) is 3.41. The Hall–Kier alpha value is -3.64. The fourth-order valence-corrected chi connectivity index (χ4v) is 5.83. The van der Waals surface area contributed by atoms with Crippen LogP contribution in [0.1, 0.15) is 47.5 Å². The van der Waals surface area contributed by atoms with Gasteiger partial charge in [-0.1, -0.05) is 30.3 Å². The average molecular weight is 495 g/mol. The zero-order valence-corrected chi connectivity index (χ0v) is 21.2. The number of nitrogens with zero attached hydrogens (tertiary/aromatic N) is 4. The second-order valence-electron chi connectivity index (χ2n) is 10.4. The van der Waals surface area contributed by atoms with Crippen molar-refractivity contribution >= 4 is 5.91 Å². The summed E-state index contributed by atoms with van der Waals surface area (Å²) in [6, 6.07) is 23.1. The van der Waals surface area contributed by atoms with E-state index >= 15 is 0 Å². The number of carbonyl (C=O) groups excluding carboxylic acids is 1. The van der Waals surface area contributed by atoms with Crippen LogP contribution in [0, 0.1) is 5.92 Å². The Labute approximate surface area is 218 Å². The highest BCUT2D eigenvalue weighted by atomic mass is 16.3. The van der Waals surface area contributed by atoms with Gasteiger partial charge >= 0.3 is 0 Å². The molecule has 2 fully saturated rings. The predicted molar refractivity (Wildman–Crippen MR) is 143 cm³/mol. The predicted octanol–water partition coefficient (Wildman–Crippen LogP) is 5.59. The number of piperidine rings is 1. The zero-order chi connectivity index (χ0) is 25.0. The number of aromatic nitrogens is 2. The van der Waals surface area contributed by atoms with Crippen molar-refractivity contribution in [1.29, 1.82) is 0 Å². The molecule has 1 atom stereocenters. The Morgan fingerprint density at radius 2 is 1.81 bits per heavy atom. The Morgan fingerprint density at radius 3 is 2.51 bits per heavy atom. The maximum atomic E-state index is 13.6. The molecule has 4 aromatic rings. The van der Waals surface area contributed by atoms with Crippen molar-refractivity contribution < 1.29 is 9.21 Å². The van der Waals surface area contributed by atoms with Crippen LogP contribution in [0.2, 0.25) is 0 Å². The molecule has 1 saturated heterocycles. The van der Waals surface area contributed by atoms with Crippen molar-refractivity contribution in [3.63, 3.8) is 0 Å². The molecule has 3 aromatic heterocycles. The molecule has 6 heteroatoms. The summed E-state index contributed by atoms with van der Waals surface area (Å²) in [4.78, 5) is 22.6. The number of benzene rings is 1. The number of amides is 1. The van der Waals surface area contributed by atoms with E-state index < -0.39 is 0 Å². The first kappa shape index (κ1) is 23.7. The van der Waals surface area contributed by atoms with E-state index in [0.29, 0.717) is 17.7 Å². The molecule has 1 saturated carbocycles. The molecule has 0 spiro atoms. The molecule has 1 aromatic carbocycles. The van der Waals surface area contributed by atoms with E-state index in [1.807, 2.05) is 24.5 Å². The Balaban J connectivity index is 1.18. The number of carbonyl (C=O) groups is 1. The number of likely N-dealkylation sites (tertiary alicyclic amines) is 1. The highest BCUT2D eigenvalue weighted by molar-refractivity contribution is 5.92. The van der Waals surface area contributed by atoms with Gasteiger partial charge in [-0.3, -0.25) is 14.7 Å². The van der Waals surface area contributed by atoms with Crippen molar-refractivity contribution in [1.82, 2.24) is 19.4 Å². The molecule has 0 bridgehead atoms. The van der Waals surface area contributed by atoms with Gasteiger partial charge in [0.25, 0.3) is 5.91 Å². The largest absolute Gasteiger partial charge is 0.459 e. The number of hydrogen-bond donors (Lipinski definition) is 0. The van der Waals surface area contributed by atoms with Crippen LogP contribution < -0.4 is 0 Å². The molecule has 1 amide bonds. The van der Waals surface area contributed by atoms with Gasteiger partial charge in [0.1, 0.15) is 0 Å². The van der Waals surface area contributed by atoms with Crippen molar-refractivity contribution in [2.45, 2.75) is 50.7 Å². The fraction of sp³-hybridized carbons (Fsp3) is 0.355. The Kier molecular flexibility index (Phi) is 6.91. The van der Waals surface area contributed by atoms with Gasteiger partial charge in [-0.15, -0.1) is 0 Å². The molecule has 0 N–H and O–H groups in total. The number of furan rings is 1. The van der Waals surface area contributed by atoms with E-state index in [9.17, 15) is 4.79 Å². The Morgan fingerprint density at radius 1 is 0.973 bits per heavy atom. The minimum atomic E-state index is 0.0464. The monoisotopic (exact) mass is 494 g/mol. The maximum Gasteiger partial charge on any atom is 0.290 e. The first-order valence-electron chi connectivity index (χ1n) is 13.5. The summed E-state index contributed by atoms with van der Waals surface area (Å²) in [6.45, 7) is 2.97. The summed E-state index contributed by atoms with van der Waals surface area (Å²) < 4.78 is 7.79. The lowest BCUT2D eigenvalue weighted by atomic mass is 9.84. The topological polar surface area (TPSA) is 54.5 Å². The SMILES string of the molecule is O=C(c1ccco1)N(C1CC1)C(Cc1ccccc1)C1CCN(Cc2cccn2-c2cccnc2)CC1. The summed E-state index contributed by atoms with van der Waals surface area (Å²) in [5.41, 5.74) is 3.67. The second kappa shape index (κ2) is 10.8. The van der Waals surface area contributed by atoms with E-state index in [0.717, 1.165) is 57.4 Å². The van der Waals surface area contributed by atoms with E-state index in [4.69, 9.17) is 4.42 Å². The lowest BCUT2D eigenvalue weighted by molar-refractivity contribution is 0.0452. The minimum absolute atomic E-state index is 0.0464. The quantitative estimate of drug-likeness (QED) is 0.304. The van der Waals surface area contributed by atoms with Gasteiger partial charge in [-0.05, 0) is 93.1 Å². The fourth-order valence-electron chi connectivity index (χ4n) is 5.83. The van der Waals surface area contributed by atoms with Crippen molar-refractivity contribution in [2.24, 2.45) is 5.92 Å². The molecule has 2 aliphatic rings. The lowest BCUT2D eigenvalue weighted by Gasteiger charge is -2.41. The summed E-state index contributed by atoms with van der Waals surface area (Å²) in [7, 11) is 0. The molecule has 1 aliphatic carbocycles. The molecule has 4 heterocycles. The first-order valence-corrected chi connectivity index (χ1v) is 13.5. The standard InChI is InChI=1S/C31H34N4O2/c36-31(30-11-6-20-37-30)35(26-12-13-26)29(21-24-7-2-1-3-8-24)25-14-18-33(19-15-25)23-28-10-5-17-34(28)27-9-4-16-32-22-27/h1-11,16-17,20,22,25-26,29H,12-15,18-19,21,23H2. The van der Waals surface area contributed by atoms with Crippen molar-refractivity contribution in [2.75, 3.05) is 13.1 Å². The molecule has 1 unspecified atom stereocenters. The van der Waals surface area contributed by atoms with Gasteiger partial charge in [-0.25, -0.2) is 0 Å². The van der Waals surface area contributed by atoms with Crippen molar-refractivity contribution in [3.8, 4) is 5.69 Å². The maximum absolute atomic E-state index is 13.6. The van der Waals surface area contributed by atoms with Gasteiger partial charge < -0.3 is 13.9 Å². The smallest absolute Gasteiger partial charge is 0.290 e. The number of hydrogen-bond acceptors (Lipinski definition) is 4. The van der Waals surface area contributed by atoms with Crippen molar-refractivity contribution in [3.05, 3.63) is 109 Å². The highest BCUT2D eigenvalue weighted by Gasteiger charge is 2.42. The third kappa shape index (κ3) is 5.39. The van der Waals surface area contributed by atoms with Crippen LogP contribution in [0.4, 0.5) is 0 Å². The van der Waals surface area contributed by atoms with Crippen LogP contribution in [0.3, 0.4) is 0 Å². The highest BCUT2D eigenvalue weighted by Crippen LogP contribution is 2.36. The molecule has 190 valence electrons. The molecule has 1 aliphatic heterocycles. The van der Waals surface area contributed by atoms with E-state index in [-0.39, 0.29) is 11.9 Å². The van der Waals surface area contributed by atoms with Crippen LogP contribution >= 0.6 is 0 Å². The second-order valence-corrected chi connectivity index (χ2v) is 10.4. The molecule has 6 nitrogen and oxygen atoms in total. The molecule has 37 heavy (non-hydrogen) atoms. The van der Waals surface area contributed by atoms with Crippen LogP contribution in [-0.4, -0.2) is 50.4 Å². The summed E-state index contributed by atoms with van der Waals surface area (Å²) in [6.07, 6.45) is 12.7. The third-order valence-electron chi connectivity index (χ3n) is 7.87. The van der Waals surface area contributed by atoms with Crippen LogP contribution in [-0.2, 0) is 13.0 Å². The van der Waals surface area contributed by atoms with Crippen LogP contribution in [0.15, 0.2) is 96.0 Å². The van der Waals surface area contributed by atoms with E-state index in [1.54, 1.807) is 12.3 Å². The zero-order valence-electron chi connectivity index (χ0n) is 21.2. The minimum Gasteiger partial charge on any atom is -0.459 e. The van der Waals surface area contributed by atoms with Gasteiger partial charge in [0.05, 0.1) is 18.1 Å². The number of pyridine rings is 1. The lowest BCUT2D eigenvalue weighted by Crippen LogP contribution is -2.50. The van der Waals surface area contributed by atoms with Gasteiger partial charge in [0.2, 0.25) is 0 Å². The van der Waals surface area contributed by atoms with Crippen LogP contribution in [0.5, 0.6) is 0 Å². The van der Waals surface area contributed by atoms with E-state index in [1.165, 1.54) is 11.3 Å². The number of rotatable bonds is 9. The van der Waals surface area contributed by atoms with Gasteiger partial charge in [0, 0.05) is 36.7 Å². The summed E-state index contributed by atoms with van der Waals surface area (Å²) in [5, 5.41) is 0. The molecule has 6 rings (SSSR count). The molecule has 0 radical (unpaired) electrons. The molecular weight excluding hydrogens is 460 g/mol. The third-order valence-corrected chi connectivity index (χ3v) is 7.87. The van der Waals surface area contributed by atoms with Gasteiger partial charge in [0.15, 0.2) is 5.76 Å². The summed E-state index contributed by atoms with van der Waals surface area (Å²) in [5.74, 6) is 0.963. The van der Waals surface area contributed by atoms with E-state index in [2.05, 4.69) is 74.1 Å². The van der Waals surface area contributed by atoms with Gasteiger partial charge in [-0.2, -0.15) is 0 Å². The normalized spacial score (nSPS) is 17.5. The molecular formula is C31H34N4O2. The summed E-state index contributed by atoms with van der Waals surface area (Å²) >= 11 is 0. The Bertz CT molecular complexity index is 1270. The first-order chi connectivity index (χ1) is 18.3.